The molecule has 1 N–H and O–H groups in total. The Labute approximate surface area is 153 Å². The number of nitrogens with one attached hydrogen (secondary N) is 1. The van der Waals surface area contributed by atoms with Gasteiger partial charge in [-0.25, -0.2) is 0 Å². The number of nitrogens with zero attached hydrogens (tertiary/aromatic N) is 1. The lowest BCUT2D eigenvalue weighted by Gasteiger charge is -2.23. The summed E-state index contributed by atoms with van der Waals surface area (Å²) in [5, 5.41) is 5.10. The summed E-state index contributed by atoms with van der Waals surface area (Å²) in [5.74, 6) is 1.43. The Morgan fingerprint density at radius 3 is 2.56 bits per heavy atom. The second-order valence-corrected chi connectivity index (χ2v) is 6.97. The predicted molar refractivity (Wildman–Crippen MR) is 102 cm³/mol. The Morgan fingerprint density at radius 2 is 1.96 bits per heavy atom. The van der Waals surface area contributed by atoms with Crippen LogP contribution in [0, 0.1) is 0 Å². The molecule has 6 heteroatoms. The molecule has 0 saturated carbocycles. The fourth-order valence-electron chi connectivity index (χ4n) is 2.61. The maximum atomic E-state index is 12.2. The van der Waals surface area contributed by atoms with Crippen molar-refractivity contribution < 1.29 is 14.3 Å². The van der Waals surface area contributed by atoms with Gasteiger partial charge in [-0.2, -0.15) is 0 Å². The number of carbonyl (C=O) groups excluding carboxylic acids is 1. The molecule has 5 nitrogen and oxygen atoms in total. The number of hydrogen-bond donors (Lipinski definition) is 1. The zero-order valence-electron chi connectivity index (χ0n) is 15.2. The van der Waals surface area contributed by atoms with Crippen molar-refractivity contribution in [1.82, 2.24) is 10.2 Å². The minimum Gasteiger partial charge on any atom is -0.493 e. The lowest BCUT2D eigenvalue weighted by atomic mass is 10.1. The number of thiophene rings is 1. The molecule has 0 spiro atoms. The van der Waals surface area contributed by atoms with Gasteiger partial charge < -0.3 is 19.7 Å². The molecule has 2 rings (SSSR count). The molecule has 1 aromatic heterocycles. The Morgan fingerprint density at radius 1 is 1.20 bits per heavy atom. The van der Waals surface area contributed by atoms with Gasteiger partial charge in [0.2, 0.25) is 5.91 Å². The van der Waals surface area contributed by atoms with Crippen LogP contribution in [0.5, 0.6) is 11.5 Å². The van der Waals surface area contributed by atoms with Crippen molar-refractivity contribution in [2.24, 2.45) is 0 Å². The summed E-state index contributed by atoms with van der Waals surface area (Å²) < 4.78 is 10.5. The summed E-state index contributed by atoms with van der Waals surface area (Å²) in [7, 11) is 7.28. The number of rotatable bonds is 9. The van der Waals surface area contributed by atoms with Crippen LogP contribution in [-0.4, -0.2) is 45.7 Å². The van der Waals surface area contributed by atoms with Gasteiger partial charge in [0.15, 0.2) is 11.5 Å². The van der Waals surface area contributed by atoms with Gasteiger partial charge in [0.05, 0.1) is 20.3 Å². The van der Waals surface area contributed by atoms with Gasteiger partial charge in [-0.05, 0) is 49.7 Å². The van der Waals surface area contributed by atoms with E-state index in [9.17, 15) is 4.79 Å². The summed E-state index contributed by atoms with van der Waals surface area (Å²) in [6.07, 6.45) is 1.11. The molecule has 1 aromatic carbocycles. The van der Waals surface area contributed by atoms with Crippen molar-refractivity contribution in [2.75, 3.05) is 34.9 Å². The summed E-state index contributed by atoms with van der Waals surface area (Å²) in [4.78, 5) is 15.6. The molecule has 1 amide bonds. The first-order chi connectivity index (χ1) is 12.0. The minimum absolute atomic E-state index is 0.0539. The highest BCUT2D eigenvalue weighted by Gasteiger charge is 2.16. The first-order valence-corrected chi connectivity index (χ1v) is 9.10. The number of ether oxygens (including phenoxy) is 2. The quantitative estimate of drug-likeness (QED) is 0.745. The Kier molecular flexibility index (Phi) is 7.28. The largest absolute Gasteiger partial charge is 0.493 e. The van der Waals surface area contributed by atoms with Crippen molar-refractivity contribution in [2.45, 2.75) is 18.9 Å². The maximum absolute atomic E-state index is 12.2. The van der Waals surface area contributed by atoms with E-state index in [1.807, 2.05) is 38.4 Å². The van der Waals surface area contributed by atoms with E-state index in [-0.39, 0.29) is 11.9 Å². The molecule has 1 atom stereocenters. The van der Waals surface area contributed by atoms with Gasteiger partial charge in [-0.1, -0.05) is 12.1 Å². The molecule has 0 fully saturated rings. The second kappa shape index (κ2) is 9.44. The normalized spacial score (nSPS) is 12.0. The maximum Gasteiger partial charge on any atom is 0.220 e. The second-order valence-electron chi connectivity index (χ2n) is 5.99. The van der Waals surface area contributed by atoms with Crippen LogP contribution in [0.25, 0.3) is 0 Å². The molecule has 0 bridgehead atoms. The average molecular weight is 362 g/mol. The zero-order chi connectivity index (χ0) is 18.2. The van der Waals surface area contributed by atoms with Crippen LogP contribution >= 0.6 is 11.3 Å². The van der Waals surface area contributed by atoms with E-state index in [4.69, 9.17) is 9.47 Å². The van der Waals surface area contributed by atoms with E-state index < -0.39 is 0 Å². The molecule has 136 valence electrons. The number of likely N-dealkylation sites (N-methyl/N-ethyl adjacent to an activating group) is 1. The third kappa shape index (κ3) is 5.47. The van der Waals surface area contributed by atoms with Crippen LogP contribution < -0.4 is 14.8 Å². The number of hydrogen-bond acceptors (Lipinski definition) is 5. The summed E-state index contributed by atoms with van der Waals surface area (Å²) in [6, 6.07) is 10.1. The van der Waals surface area contributed by atoms with Crippen LogP contribution in [0.1, 0.15) is 22.9 Å². The third-order valence-electron chi connectivity index (χ3n) is 4.08. The number of carbonyl (C=O) groups is 1. The van der Waals surface area contributed by atoms with Crippen LogP contribution in [0.15, 0.2) is 35.7 Å². The van der Waals surface area contributed by atoms with Gasteiger partial charge >= 0.3 is 0 Å². The SMILES string of the molecule is COc1ccc(CCC(=O)NC[C@H](c2cccs2)N(C)C)cc1OC. The van der Waals surface area contributed by atoms with E-state index >= 15 is 0 Å². The highest BCUT2D eigenvalue weighted by molar-refractivity contribution is 7.10. The van der Waals surface area contributed by atoms with Crippen molar-refractivity contribution >= 4 is 17.2 Å². The van der Waals surface area contributed by atoms with E-state index in [1.165, 1.54) is 4.88 Å². The van der Waals surface area contributed by atoms with Crippen LogP contribution in [0.3, 0.4) is 0 Å². The Bertz CT molecular complexity index is 671. The Hall–Kier alpha value is -2.05. The monoisotopic (exact) mass is 362 g/mol. The van der Waals surface area contributed by atoms with Crippen LogP contribution in [0.4, 0.5) is 0 Å². The first-order valence-electron chi connectivity index (χ1n) is 8.22. The molecule has 0 aliphatic rings. The number of amides is 1. The van der Waals surface area contributed by atoms with E-state index in [1.54, 1.807) is 25.6 Å². The third-order valence-corrected chi connectivity index (χ3v) is 5.05. The molecule has 0 aliphatic carbocycles. The molecule has 0 saturated heterocycles. The Balaban J connectivity index is 1.86. The van der Waals surface area contributed by atoms with Crippen molar-refractivity contribution in [3.05, 3.63) is 46.2 Å². The van der Waals surface area contributed by atoms with Gasteiger partial charge in [-0.15, -0.1) is 11.3 Å². The standard InChI is InChI=1S/C19H26N2O3S/c1-21(2)15(18-6-5-11-25-18)13-20-19(22)10-8-14-7-9-16(23-3)17(12-14)24-4/h5-7,9,11-12,15H,8,10,13H2,1-4H3,(H,20,22)/t15-/m1/s1. The lowest BCUT2D eigenvalue weighted by molar-refractivity contribution is -0.121. The summed E-state index contributed by atoms with van der Waals surface area (Å²) in [6.45, 7) is 0.609. The lowest BCUT2D eigenvalue weighted by Crippen LogP contribution is -2.34. The van der Waals surface area contributed by atoms with E-state index in [0.29, 0.717) is 30.9 Å². The molecule has 1 heterocycles. The molecule has 0 aliphatic heterocycles. The molecular weight excluding hydrogens is 336 g/mol. The topological polar surface area (TPSA) is 50.8 Å². The van der Waals surface area contributed by atoms with Gasteiger partial charge in [-0.3, -0.25) is 4.79 Å². The number of methoxy groups -OCH3 is 2. The predicted octanol–water partition coefficient (Wildman–Crippen LogP) is 3.12. The van der Waals surface area contributed by atoms with Crippen LogP contribution in [0.2, 0.25) is 0 Å². The van der Waals surface area contributed by atoms with Gasteiger partial charge in [0.1, 0.15) is 0 Å². The first kappa shape index (κ1) is 19.3. The highest BCUT2D eigenvalue weighted by atomic mass is 32.1. The number of aryl methyl sites for hydroxylation is 1. The highest BCUT2D eigenvalue weighted by Crippen LogP contribution is 2.28. The van der Waals surface area contributed by atoms with Crippen molar-refractivity contribution in [3.8, 4) is 11.5 Å². The molecule has 0 unspecified atom stereocenters. The number of benzene rings is 1. The van der Waals surface area contributed by atoms with Crippen LogP contribution in [-0.2, 0) is 11.2 Å². The van der Waals surface area contributed by atoms with E-state index in [0.717, 1.165) is 5.56 Å². The van der Waals surface area contributed by atoms with Crippen molar-refractivity contribution in [1.29, 1.82) is 0 Å². The fourth-order valence-corrected chi connectivity index (χ4v) is 3.53. The zero-order valence-corrected chi connectivity index (χ0v) is 16.1. The minimum atomic E-state index is 0.0539. The average Bonchev–Trinajstić information content (AvgIpc) is 3.13. The fraction of sp³-hybridized carbons (Fsp3) is 0.421. The smallest absolute Gasteiger partial charge is 0.220 e. The molecule has 25 heavy (non-hydrogen) atoms. The van der Waals surface area contributed by atoms with Gasteiger partial charge in [0.25, 0.3) is 0 Å². The molecule has 0 radical (unpaired) electrons. The summed E-state index contributed by atoms with van der Waals surface area (Å²) in [5.41, 5.74) is 1.05. The summed E-state index contributed by atoms with van der Waals surface area (Å²) >= 11 is 1.71. The van der Waals surface area contributed by atoms with Crippen molar-refractivity contribution in [3.63, 3.8) is 0 Å². The molecular formula is C19H26N2O3S. The van der Waals surface area contributed by atoms with E-state index in [2.05, 4.69) is 21.7 Å². The molecule has 2 aromatic rings. The van der Waals surface area contributed by atoms with Gasteiger partial charge in [0, 0.05) is 17.8 Å².